The summed E-state index contributed by atoms with van der Waals surface area (Å²) < 4.78 is 24.2. The Hall–Kier alpha value is -5.96. The molecule has 0 aliphatic heterocycles. The zero-order valence-electron chi connectivity index (χ0n) is 24.5. The number of ketones is 1. The molecule has 0 aliphatic carbocycles. The van der Waals surface area contributed by atoms with E-state index in [1.54, 1.807) is 54.4 Å². The Kier molecular flexibility index (Phi) is 8.78. The van der Waals surface area contributed by atoms with Gasteiger partial charge >= 0.3 is 5.63 Å². The molecule has 2 aromatic heterocycles. The maximum Gasteiger partial charge on any atom is 0.339 e. The van der Waals surface area contributed by atoms with Crippen molar-refractivity contribution in [3.63, 3.8) is 0 Å². The summed E-state index contributed by atoms with van der Waals surface area (Å²) in [5.74, 6) is 1.39. The average Bonchev–Trinajstić information content (AvgIpc) is 3.53. The maximum atomic E-state index is 12.5. The summed E-state index contributed by atoms with van der Waals surface area (Å²) >= 11 is 0. The Morgan fingerprint density at radius 2 is 1.64 bits per heavy atom. The van der Waals surface area contributed by atoms with Crippen LogP contribution in [-0.4, -0.2) is 34.5 Å². The monoisotopic (exact) mass is 599 g/mol. The van der Waals surface area contributed by atoms with Crippen molar-refractivity contribution < 1.29 is 23.4 Å². The molecular weight excluding hydrogens is 570 g/mol. The zero-order valence-corrected chi connectivity index (χ0v) is 24.5. The predicted molar refractivity (Wildman–Crippen MR) is 172 cm³/mol. The molecule has 0 radical (unpaired) electrons. The lowest BCUT2D eigenvalue weighted by molar-refractivity contribution is -0.110. The Labute approximate surface area is 258 Å². The number of benzene rings is 4. The van der Waals surface area contributed by atoms with Crippen molar-refractivity contribution in [2.45, 2.75) is 13.2 Å². The van der Waals surface area contributed by atoms with Crippen LogP contribution in [0.3, 0.4) is 0 Å². The molecule has 9 heteroatoms. The number of carbonyl (C=O) groups excluding carboxylic acids is 1. The minimum Gasteiger partial charge on any atom is -0.493 e. The van der Waals surface area contributed by atoms with E-state index in [0.717, 1.165) is 27.3 Å². The molecule has 0 N–H and O–H groups in total. The quantitative estimate of drug-likeness (QED) is 0.116. The number of nitrogens with zero attached hydrogens (tertiary/aromatic N) is 3. The van der Waals surface area contributed by atoms with Gasteiger partial charge in [0.05, 0.1) is 31.3 Å². The Bertz CT molecular complexity index is 2090. The molecule has 2 heterocycles. The van der Waals surface area contributed by atoms with Crippen molar-refractivity contribution in [3.05, 3.63) is 137 Å². The Morgan fingerprint density at radius 1 is 0.844 bits per heavy atom. The molecule has 9 nitrogen and oxygen atoms in total. The van der Waals surface area contributed by atoms with E-state index in [-0.39, 0.29) is 19.0 Å². The van der Waals surface area contributed by atoms with Crippen LogP contribution in [0, 0.1) is 0 Å². The van der Waals surface area contributed by atoms with E-state index >= 15 is 0 Å². The highest BCUT2D eigenvalue weighted by molar-refractivity contribution is 6.05. The number of allylic oxidation sites excluding steroid dienone is 2. The summed E-state index contributed by atoms with van der Waals surface area (Å²) in [5, 5.41) is 11.3. The van der Waals surface area contributed by atoms with Crippen LogP contribution in [0.25, 0.3) is 33.9 Å². The first-order valence-corrected chi connectivity index (χ1v) is 14.3. The lowest BCUT2D eigenvalue weighted by Crippen LogP contribution is -2.10. The van der Waals surface area contributed by atoms with E-state index in [2.05, 4.69) is 10.3 Å². The third-order valence-corrected chi connectivity index (χ3v) is 7.03. The lowest BCUT2D eigenvalue weighted by atomic mass is 10.0. The molecule has 0 aliphatic rings. The molecule has 0 amide bonds. The van der Waals surface area contributed by atoms with Gasteiger partial charge in [-0.05, 0) is 58.3 Å². The summed E-state index contributed by atoms with van der Waals surface area (Å²) in [5.41, 5.74) is 2.40. The van der Waals surface area contributed by atoms with Gasteiger partial charge in [0.1, 0.15) is 30.2 Å². The highest BCUT2D eigenvalue weighted by atomic mass is 16.5. The first kappa shape index (κ1) is 29.1. The molecule has 0 saturated carbocycles. The van der Waals surface area contributed by atoms with E-state index in [0.29, 0.717) is 35.1 Å². The topological polar surface area (TPSA) is 106 Å². The van der Waals surface area contributed by atoms with Gasteiger partial charge in [-0.2, -0.15) is 0 Å². The summed E-state index contributed by atoms with van der Waals surface area (Å²) in [6, 6.07) is 28.1. The van der Waals surface area contributed by atoms with Crippen molar-refractivity contribution in [1.29, 1.82) is 0 Å². The van der Waals surface area contributed by atoms with Gasteiger partial charge in [-0.1, -0.05) is 78.0 Å². The predicted octanol–water partition coefficient (Wildman–Crippen LogP) is 6.50. The largest absolute Gasteiger partial charge is 0.493 e. The first-order valence-electron chi connectivity index (χ1n) is 14.3. The van der Waals surface area contributed by atoms with Crippen LogP contribution in [-0.2, 0) is 17.9 Å². The van der Waals surface area contributed by atoms with Gasteiger partial charge in [0.2, 0.25) is 0 Å². The van der Waals surface area contributed by atoms with Gasteiger partial charge < -0.3 is 18.6 Å². The SMILES string of the molecule is COc1cc(/C=C/C(=O)/C=C/c2cccc3ccccc23)ccc1OCc1cn(CCOc2cc(=O)oc3ccccc23)nn1. The van der Waals surface area contributed by atoms with Gasteiger partial charge in [0, 0.05) is 0 Å². The summed E-state index contributed by atoms with van der Waals surface area (Å²) in [7, 11) is 1.56. The molecule has 0 bridgehead atoms. The normalized spacial score (nSPS) is 11.5. The van der Waals surface area contributed by atoms with E-state index in [9.17, 15) is 9.59 Å². The number of para-hydroxylation sites is 1. The second-order valence-electron chi connectivity index (χ2n) is 10.1. The summed E-state index contributed by atoms with van der Waals surface area (Å²) in [6.07, 6.45) is 8.42. The molecular formula is C36H29N3O6. The van der Waals surface area contributed by atoms with E-state index in [1.165, 1.54) is 12.1 Å². The minimum atomic E-state index is -0.471. The molecule has 0 atom stereocenters. The van der Waals surface area contributed by atoms with Crippen LogP contribution in [0.5, 0.6) is 17.2 Å². The van der Waals surface area contributed by atoms with Gasteiger partial charge in [0.15, 0.2) is 17.3 Å². The van der Waals surface area contributed by atoms with E-state index in [1.807, 2.05) is 66.7 Å². The molecule has 0 unspecified atom stereocenters. The van der Waals surface area contributed by atoms with Crippen molar-refractivity contribution in [2.24, 2.45) is 0 Å². The highest BCUT2D eigenvalue weighted by Gasteiger charge is 2.09. The minimum absolute atomic E-state index is 0.126. The van der Waals surface area contributed by atoms with E-state index < -0.39 is 5.63 Å². The van der Waals surface area contributed by atoms with Gasteiger partial charge in [-0.3, -0.25) is 4.79 Å². The number of ether oxygens (including phenoxy) is 3. The zero-order chi connectivity index (χ0) is 31.0. The van der Waals surface area contributed by atoms with Crippen molar-refractivity contribution >= 4 is 39.7 Å². The molecule has 0 spiro atoms. The number of hydrogen-bond acceptors (Lipinski definition) is 8. The van der Waals surface area contributed by atoms with Crippen LogP contribution in [0.4, 0.5) is 0 Å². The molecule has 45 heavy (non-hydrogen) atoms. The number of methoxy groups -OCH3 is 1. The molecule has 6 rings (SSSR count). The van der Waals surface area contributed by atoms with Gasteiger partial charge in [0.25, 0.3) is 0 Å². The second kappa shape index (κ2) is 13.6. The number of carbonyl (C=O) groups is 1. The Morgan fingerprint density at radius 3 is 2.53 bits per heavy atom. The van der Waals surface area contributed by atoms with Crippen molar-refractivity contribution in [2.75, 3.05) is 13.7 Å². The van der Waals surface area contributed by atoms with Gasteiger partial charge in [-0.15, -0.1) is 5.10 Å². The van der Waals surface area contributed by atoms with Crippen molar-refractivity contribution in [3.8, 4) is 17.2 Å². The van der Waals surface area contributed by atoms with Crippen LogP contribution >= 0.6 is 0 Å². The van der Waals surface area contributed by atoms with Crippen LogP contribution in [0.1, 0.15) is 16.8 Å². The third-order valence-electron chi connectivity index (χ3n) is 7.03. The van der Waals surface area contributed by atoms with Crippen molar-refractivity contribution in [1.82, 2.24) is 15.0 Å². The molecule has 224 valence electrons. The Balaban J connectivity index is 1.02. The maximum absolute atomic E-state index is 12.5. The number of rotatable bonds is 12. The number of fused-ring (bicyclic) bond motifs is 2. The fourth-order valence-electron chi connectivity index (χ4n) is 4.82. The molecule has 0 fully saturated rings. The van der Waals surface area contributed by atoms with E-state index in [4.69, 9.17) is 18.6 Å². The van der Waals surface area contributed by atoms with Gasteiger partial charge in [-0.25, -0.2) is 9.48 Å². The number of aromatic nitrogens is 3. The fraction of sp³-hybridized carbons (Fsp3) is 0.111. The standard InChI is InChI=1S/C36H29N3O6/c1-42-35-21-25(13-16-29(40)17-15-27-9-6-8-26-7-2-3-10-30(26)27)14-18-33(35)44-24-28-23-39(38-37-28)19-20-43-34-22-36(41)45-32-12-5-4-11-31(32)34/h2-18,21-23H,19-20,24H2,1H3/b16-13+,17-15+. The third kappa shape index (κ3) is 7.17. The summed E-state index contributed by atoms with van der Waals surface area (Å²) in [6.45, 7) is 0.872. The smallest absolute Gasteiger partial charge is 0.339 e. The summed E-state index contributed by atoms with van der Waals surface area (Å²) in [4.78, 5) is 24.4. The lowest BCUT2D eigenvalue weighted by Gasteiger charge is -2.10. The number of hydrogen-bond donors (Lipinski definition) is 0. The average molecular weight is 600 g/mol. The second-order valence-corrected chi connectivity index (χ2v) is 10.1. The highest BCUT2D eigenvalue weighted by Crippen LogP contribution is 2.29. The van der Waals surface area contributed by atoms with Crippen LogP contribution < -0.4 is 19.8 Å². The molecule has 4 aromatic carbocycles. The first-order chi connectivity index (χ1) is 22.1. The fourth-order valence-corrected chi connectivity index (χ4v) is 4.82. The molecule has 6 aromatic rings. The van der Waals surface area contributed by atoms with Crippen LogP contribution in [0.2, 0.25) is 0 Å². The van der Waals surface area contributed by atoms with Crippen LogP contribution in [0.15, 0.2) is 119 Å². The molecule has 0 saturated heterocycles.